The summed E-state index contributed by atoms with van der Waals surface area (Å²) in [6.07, 6.45) is 1.52. The van der Waals surface area contributed by atoms with Crippen LogP contribution in [0.4, 0.5) is 14.9 Å². The first-order chi connectivity index (χ1) is 15.7. The number of para-hydroxylation sites is 1. The van der Waals surface area contributed by atoms with Crippen molar-refractivity contribution in [2.24, 2.45) is 0 Å². The molecule has 3 amide bonds. The SMILES string of the molecule is CC(C)N(CC(=O)N(Cc1ccc(F)cc1)Cc1ccco1)C(=O)Nc1c(Cl)cccc1Cl. The Morgan fingerprint density at radius 1 is 1.00 bits per heavy atom. The number of benzene rings is 2. The number of amides is 3. The molecular weight excluding hydrogens is 468 g/mol. The molecule has 2 aromatic carbocycles. The maximum absolute atomic E-state index is 13.3. The van der Waals surface area contributed by atoms with Crippen molar-refractivity contribution in [3.63, 3.8) is 0 Å². The minimum atomic E-state index is -0.506. The highest BCUT2D eigenvalue weighted by atomic mass is 35.5. The van der Waals surface area contributed by atoms with Crippen molar-refractivity contribution in [3.05, 3.63) is 88.0 Å². The molecule has 33 heavy (non-hydrogen) atoms. The number of hydrogen-bond donors (Lipinski definition) is 1. The fraction of sp³-hybridized carbons (Fsp3) is 0.250. The Morgan fingerprint density at radius 3 is 2.24 bits per heavy atom. The van der Waals surface area contributed by atoms with Crippen molar-refractivity contribution in [1.29, 1.82) is 0 Å². The summed E-state index contributed by atoms with van der Waals surface area (Å²) in [4.78, 5) is 29.2. The van der Waals surface area contributed by atoms with Gasteiger partial charge in [0.15, 0.2) is 0 Å². The van der Waals surface area contributed by atoms with E-state index in [1.54, 1.807) is 61.2 Å². The van der Waals surface area contributed by atoms with E-state index in [4.69, 9.17) is 27.6 Å². The standard InChI is InChI=1S/C24H24Cl2FN3O3/c1-16(2)30(24(32)28-23-20(25)6-3-7-21(23)26)15-22(31)29(14-19-5-4-12-33-19)13-17-8-10-18(27)11-9-17/h3-12,16H,13-15H2,1-2H3,(H,28,32). The maximum Gasteiger partial charge on any atom is 0.322 e. The van der Waals surface area contributed by atoms with E-state index in [0.29, 0.717) is 15.8 Å². The summed E-state index contributed by atoms with van der Waals surface area (Å²) in [6, 6.07) is 13.5. The molecule has 3 aromatic rings. The zero-order chi connectivity index (χ0) is 24.0. The van der Waals surface area contributed by atoms with Gasteiger partial charge < -0.3 is 19.5 Å². The van der Waals surface area contributed by atoms with Crippen molar-refractivity contribution in [2.45, 2.75) is 33.0 Å². The predicted octanol–water partition coefficient (Wildman–Crippen LogP) is 6.20. The van der Waals surface area contributed by atoms with Gasteiger partial charge in [-0.25, -0.2) is 9.18 Å². The largest absolute Gasteiger partial charge is 0.467 e. The third-order valence-corrected chi connectivity index (χ3v) is 5.58. The molecule has 0 saturated carbocycles. The Balaban J connectivity index is 1.77. The van der Waals surface area contributed by atoms with Crippen molar-refractivity contribution in [2.75, 3.05) is 11.9 Å². The van der Waals surface area contributed by atoms with E-state index in [2.05, 4.69) is 5.32 Å². The zero-order valence-corrected chi connectivity index (χ0v) is 19.7. The number of halogens is 3. The van der Waals surface area contributed by atoms with Gasteiger partial charge in [0, 0.05) is 12.6 Å². The number of furan rings is 1. The summed E-state index contributed by atoms with van der Waals surface area (Å²) in [6.45, 7) is 3.85. The molecule has 0 saturated heterocycles. The van der Waals surface area contributed by atoms with Crippen molar-refractivity contribution < 1.29 is 18.4 Å². The molecule has 0 unspecified atom stereocenters. The number of nitrogens with one attached hydrogen (secondary N) is 1. The molecule has 0 aliphatic rings. The van der Waals surface area contributed by atoms with E-state index in [9.17, 15) is 14.0 Å². The fourth-order valence-corrected chi connectivity index (χ4v) is 3.66. The summed E-state index contributed by atoms with van der Waals surface area (Å²) >= 11 is 12.3. The Morgan fingerprint density at radius 2 is 1.67 bits per heavy atom. The average Bonchev–Trinajstić information content (AvgIpc) is 3.28. The van der Waals surface area contributed by atoms with Gasteiger partial charge in [-0.1, -0.05) is 41.4 Å². The molecule has 0 bridgehead atoms. The van der Waals surface area contributed by atoms with Gasteiger partial charge in [-0.2, -0.15) is 0 Å². The van der Waals surface area contributed by atoms with Crippen LogP contribution >= 0.6 is 23.2 Å². The quantitative estimate of drug-likeness (QED) is 0.408. The minimum Gasteiger partial charge on any atom is -0.467 e. The number of anilines is 1. The first-order valence-corrected chi connectivity index (χ1v) is 11.1. The maximum atomic E-state index is 13.3. The molecule has 1 heterocycles. The number of carbonyl (C=O) groups is 2. The van der Waals surface area contributed by atoms with E-state index in [1.807, 2.05) is 0 Å². The minimum absolute atomic E-state index is 0.187. The lowest BCUT2D eigenvalue weighted by atomic mass is 10.2. The van der Waals surface area contributed by atoms with E-state index in [1.165, 1.54) is 23.3 Å². The molecule has 0 spiro atoms. The second-order valence-electron chi connectivity index (χ2n) is 7.70. The first-order valence-electron chi connectivity index (χ1n) is 10.3. The molecule has 0 atom stereocenters. The van der Waals surface area contributed by atoms with Gasteiger partial charge in [-0.05, 0) is 55.8 Å². The smallest absolute Gasteiger partial charge is 0.322 e. The molecule has 6 nitrogen and oxygen atoms in total. The molecule has 1 N–H and O–H groups in total. The van der Waals surface area contributed by atoms with Crippen LogP contribution in [0.1, 0.15) is 25.2 Å². The number of hydrogen-bond acceptors (Lipinski definition) is 3. The van der Waals surface area contributed by atoms with Crippen LogP contribution in [0, 0.1) is 5.82 Å². The zero-order valence-electron chi connectivity index (χ0n) is 18.2. The van der Waals surface area contributed by atoms with Crippen LogP contribution < -0.4 is 5.32 Å². The first kappa shape index (κ1) is 24.6. The predicted molar refractivity (Wildman–Crippen MR) is 127 cm³/mol. The van der Waals surface area contributed by atoms with Gasteiger partial charge in [0.2, 0.25) is 5.91 Å². The Labute approximate surface area is 201 Å². The molecule has 174 valence electrons. The van der Waals surface area contributed by atoms with Crippen molar-refractivity contribution >= 4 is 40.8 Å². The highest BCUT2D eigenvalue weighted by molar-refractivity contribution is 6.39. The van der Waals surface area contributed by atoms with Crippen LogP contribution in [0.15, 0.2) is 65.3 Å². The monoisotopic (exact) mass is 491 g/mol. The summed E-state index contributed by atoms with van der Waals surface area (Å²) in [5.74, 6) is -0.0674. The van der Waals surface area contributed by atoms with E-state index in [-0.39, 0.29) is 43.1 Å². The second kappa shape index (κ2) is 11.2. The lowest BCUT2D eigenvalue weighted by Gasteiger charge is -2.30. The van der Waals surface area contributed by atoms with E-state index in [0.717, 1.165) is 5.56 Å². The highest BCUT2D eigenvalue weighted by Crippen LogP contribution is 2.30. The van der Waals surface area contributed by atoms with Gasteiger partial charge in [-0.3, -0.25) is 4.79 Å². The normalized spacial score (nSPS) is 10.8. The molecular formula is C24H24Cl2FN3O3. The Hall–Kier alpha value is -3.03. The molecule has 3 rings (SSSR count). The lowest BCUT2D eigenvalue weighted by molar-refractivity contribution is -0.133. The van der Waals surface area contributed by atoms with E-state index >= 15 is 0 Å². The van der Waals surface area contributed by atoms with Crippen molar-refractivity contribution in [3.8, 4) is 0 Å². The van der Waals surface area contributed by atoms with Crippen LogP contribution in [0.5, 0.6) is 0 Å². The fourth-order valence-electron chi connectivity index (χ4n) is 3.16. The van der Waals surface area contributed by atoms with Crippen molar-refractivity contribution in [1.82, 2.24) is 9.80 Å². The number of carbonyl (C=O) groups excluding carboxylic acids is 2. The van der Waals surface area contributed by atoms with E-state index < -0.39 is 6.03 Å². The van der Waals surface area contributed by atoms with Crippen LogP contribution in [0.25, 0.3) is 0 Å². The van der Waals surface area contributed by atoms with Crippen LogP contribution in [0.2, 0.25) is 10.0 Å². The third kappa shape index (κ3) is 6.73. The second-order valence-corrected chi connectivity index (χ2v) is 8.52. The molecule has 0 fully saturated rings. The van der Waals surface area contributed by atoms with Crippen LogP contribution in [-0.4, -0.2) is 34.3 Å². The molecule has 9 heteroatoms. The number of nitrogens with zero attached hydrogens (tertiary/aromatic N) is 2. The topological polar surface area (TPSA) is 65.8 Å². The summed E-state index contributed by atoms with van der Waals surface area (Å²) in [5.41, 5.74) is 1.03. The summed E-state index contributed by atoms with van der Waals surface area (Å²) < 4.78 is 18.7. The van der Waals surface area contributed by atoms with Gasteiger partial charge >= 0.3 is 6.03 Å². The van der Waals surface area contributed by atoms with Gasteiger partial charge in [0.1, 0.15) is 18.1 Å². The molecule has 0 radical (unpaired) electrons. The molecule has 0 aliphatic carbocycles. The van der Waals surface area contributed by atoms with Crippen LogP contribution in [-0.2, 0) is 17.9 Å². The van der Waals surface area contributed by atoms with Gasteiger partial charge in [-0.15, -0.1) is 0 Å². The van der Waals surface area contributed by atoms with Crippen LogP contribution in [0.3, 0.4) is 0 Å². The molecule has 1 aromatic heterocycles. The van der Waals surface area contributed by atoms with Gasteiger partial charge in [0.25, 0.3) is 0 Å². The number of urea groups is 1. The summed E-state index contributed by atoms with van der Waals surface area (Å²) in [7, 11) is 0. The Kier molecular flexibility index (Phi) is 8.36. The van der Waals surface area contributed by atoms with Gasteiger partial charge in [0.05, 0.1) is 28.5 Å². The average molecular weight is 492 g/mol. The Bertz CT molecular complexity index is 1070. The highest BCUT2D eigenvalue weighted by Gasteiger charge is 2.25. The summed E-state index contributed by atoms with van der Waals surface area (Å²) in [5, 5.41) is 3.28. The number of rotatable bonds is 8. The third-order valence-electron chi connectivity index (χ3n) is 4.95. The lowest BCUT2D eigenvalue weighted by Crippen LogP contribution is -2.47. The molecule has 0 aliphatic heterocycles.